The summed E-state index contributed by atoms with van der Waals surface area (Å²) in [4.78, 5) is 25.6. The van der Waals surface area contributed by atoms with Gasteiger partial charge in [-0.15, -0.1) is 5.10 Å². The summed E-state index contributed by atoms with van der Waals surface area (Å²) in [7, 11) is 0. The van der Waals surface area contributed by atoms with Gasteiger partial charge in [0.25, 0.3) is 5.91 Å². The molecule has 2 aromatic carbocycles. The molecular formula is C22H24N4O4. The number of hydrogen-bond donors (Lipinski definition) is 1. The molecule has 1 aromatic heterocycles. The monoisotopic (exact) mass is 408 g/mol. The van der Waals surface area contributed by atoms with Crippen LogP contribution in [0.2, 0.25) is 0 Å². The minimum Gasteiger partial charge on any atom is -0.492 e. The van der Waals surface area contributed by atoms with Gasteiger partial charge in [-0.1, -0.05) is 35.9 Å². The summed E-state index contributed by atoms with van der Waals surface area (Å²) in [5, 5.41) is 11.2. The highest BCUT2D eigenvalue weighted by Gasteiger charge is 2.19. The molecule has 0 aliphatic carbocycles. The maximum absolute atomic E-state index is 12.3. The quantitative estimate of drug-likeness (QED) is 0.455. The predicted octanol–water partition coefficient (Wildman–Crippen LogP) is 2.54. The SMILES string of the molecule is Cc1ccc(-n2nc(C)c(C(=O)OCC(=O)NCCOc3ccccc3)n2)c(C)c1. The Morgan fingerprint density at radius 2 is 1.80 bits per heavy atom. The van der Waals surface area contributed by atoms with Crippen molar-refractivity contribution in [1.82, 2.24) is 20.3 Å². The molecule has 0 saturated heterocycles. The van der Waals surface area contributed by atoms with Crippen LogP contribution >= 0.6 is 0 Å². The van der Waals surface area contributed by atoms with Gasteiger partial charge in [-0.05, 0) is 44.5 Å². The smallest absolute Gasteiger partial charge is 0.361 e. The zero-order valence-electron chi connectivity index (χ0n) is 17.2. The van der Waals surface area contributed by atoms with Crippen molar-refractivity contribution >= 4 is 11.9 Å². The molecule has 0 spiro atoms. The van der Waals surface area contributed by atoms with Gasteiger partial charge < -0.3 is 14.8 Å². The maximum Gasteiger partial charge on any atom is 0.361 e. The molecule has 1 heterocycles. The van der Waals surface area contributed by atoms with E-state index in [1.54, 1.807) is 6.92 Å². The average molecular weight is 408 g/mol. The number of nitrogens with zero attached hydrogens (tertiary/aromatic N) is 3. The Hall–Kier alpha value is -3.68. The lowest BCUT2D eigenvalue weighted by molar-refractivity contribution is -0.124. The van der Waals surface area contributed by atoms with Crippen LogP contribution in [0.1, 0.15) is 27.3 Å². The molecule has 8 heteroatoms. The minimum absolute atomic E-state index is 0.0789. The molecule has 156 valence electrons. The van der Waals surface area contributed by atoms with Crippen molar-refractivity contribution in [3.8, 4) is 11.4 Å². The highest BCUT2D eigenvalue weighted by Crippen LogP contribution is 2.15. The summed E-state index contributed by atoms with van der Waals surface area (Å²) < 4.78 is 10.6. The Morgan fingerprint density at radius 1 is 1.03 bits per heavy atom. The molecule has 0 saturated carbocycles. The third-order valence-electron chi connectivity index (χ3n) is 4.31. The Kier molecular flexibility index (Phi) is 6.79. The lowest BCUT2D eigenvalue weighted by Gasteiger charge is -2.08. The number of ether oxygens (including phenoxy) is 2. The second-order valence-corrected chi connectivity index (χ2v) is 6.80. The normalized spacial score (nSPS) is 10.5. The molecule has 8 nitrogen and oxygen atoms in total. The minimum atomic E-state index is -0.695. The summed E-state index contributed by atoms with van der Waals surface area (Å²) in [5.41, 5.74) is 3.40. The van der Waals surface area contributed by atoms with Crippen molar-refractivity contribution in [2.45, 2.75) is 20.8 Å². The molecule has 0 aliphatic rings. The van der Waals surface area contributed by atoms with Gasteiger partial charge >= 0.3 is 5.97 Å². The van der Waals surface area contributed by atoms with E-state index in [0.717, 1.165) is 22.6 Å². The molecule has 0 radical (unpaired) electrons. The molecule has 0 unspecified atom stereocenters. The van der Waals surface area contributed by atoms with E-state index in [9.17, 15) is 9.59 Å². The number of nitrogens with one attached hydrogen (secondary N) is 1. The molecule has 1 N–H and O–H groups in total. The van der Waals surface area contributed by atoms with Gasteiger partial charge in [-0.2, -0.15) is 9.90 Å². The van der Waals surface area contributed by atoms with Crippen LogP contribution < -0.4 is 10.1 Å². The van der Waals surface area contributed by atoms with Gasteiger partial charge in [-0.25, -0.2) is 4.79 Å². The van der Waals surface area contributed by atoms with Crippen LogP contribution in [0.5, 0.6) is 5.75 Å². The van der Waals surface area contributed by atoms with Crippen molar-refractivity contribution in [3.63, 3.8) is 0 Å². The molecular weight excluding hydrogens is 384 g/mol. The molecule has 0 bridgehead atoms. The topological polar surface area (TPSA) is 95.3 Å². The summed E-state index contributed by atoms with van der Waals surface area (Å²) in [5.74, 6) is -0.390. The molecule has 30 heavy (non-hydrogen) atoms. The third kappa shape index (κ3) is 5.44. The molecule has 0 fully saturated rings. The molecule has 1 amide bonds. The second-order valence-electron chi connectivity index (χ2n) is 6.80. The Labute approximate surface area is 174 Å². The van der Waals surface area contributed by atoms with E-state index in [-0.39, 0.29) is 5.69 Å². The van der Waals surface area contributed by atoms with Crippen LogP contribution in [-0.4, -0.2) is 46.6 Å². The number of rotatable bonds is 8. The zero-order chi connectivity index (χ0) is 21.5. The van der Waals surface area contributed by atoms with E-state index < -0.39 is 18.5 Å². The van der Waals surface area contributed by atoms with Crippen LogP contribution in [0.15, 0.2) is 48.5 Å². The summed E-state index contributed by atoms with van der Waals surface area (Å²) in [6, 6.07) is 15.1. The molecule has 0 atom stereocenters. The number of para-hydroxylation sites is 1. The average Bonchev–Trinajstić information content (AvgIpc) is 3.11. The number of hydrogen-bond acceptors (Lipinski definition) is 6. The van der Waals surface area contributed by atoms with E-state index in [2.05, 4.69) is 15.5 Å². The number of aromatic nitrogens is 3. The van der Waals surface area contributed by atoms with Crippen LogP contribution in [0.3, 0.4) is 0 Å². The van der Waals surface area contributed by atoms with Crippen molar-refractivity contribution in [1.29, 1.82) is 0 Å². The summed E-state index contributed by atoms with van der Waals surface area (Å²) >= 11 is 0. The standard InChI is InChI=1S/C22H24N4O4/c1-15-9-10-19(16(2)13-15)26-24-17(3)21(25-26)22(28)30-14-20(27)23-11-12-29-18-7-5-4-6-8-18/h4-10,13H,11-12,14H2,1-3H3,(H,23,27). The molecule has 3 rings (SSSR count). The van der Waals surface area contributed by atoms with Crippen LogP contribution in [0.25, 0.3) is 5.69 Å². The van der Waals surface area contributed by atoms with Crippen LogP contribution in [0, 0.1) is 20.8 Å². The Balaban J connectivity index is 1.48. The lowest BCUT2D eigenvalue weighted by Crippen LogP contribution is -2.32. The summed E-state index contributed by atoms with van der Waals surface area (Å²) in [6.45, 7) is 5.83. The summed E-state index contributed by atoms with van der Waals surface area (Å²) in [6.07, 6.45) is 0. The van der Waals surface area contributed by atoms with Gasteiger partial charge in [-0.3, -0.25) is 4.79 Å². The number of carbonyl (C=O) groups excluding carboxylic acids is 2. The zero-order valence-corrected chi connectivity index (χ0v) is 17.2. The first-order valence-electron chi connectivity index (χ1n) is 9.57. The van der Waals surface area contributed by atoms with Crippen molar-refractivity contribution < 1.29 is 19.1 Å². The third-order valence-corrected chi connectivity index (χ3v) is 4.31. The van der Waals surface area contributed by atoms with Crippen molar-refractivity contribution in [2.24, 2.45) is 0 Å². The van der Waals surface area contributed by atoms with Gasteiger partial charge in [0.1, 0.15) is 12.4 Å². The first-order chi connectivity index (χ1) is 14.4. The maximum atomic E-state index is 12.3. The number of benzene rings is 2. The molecule has 0 aliphatic heterocycles. The predicted molar refractivity (Wildman–Crippen MR) is 111 cm³/mol. The van der Waals surface area contributed by atoms with Gasteiger partial charge in [0.2, 0.25) is 0 Å². The van der Waals surface area contributed by atoms with Crippen molar-refractivity contribution in [3.05, 3.63) is 71.0 Å². The highest BCUT2D eigenvalue weighted by atomic mass is 16.5. The number of aryl methyl sites for hydroxylation is 3. The lowest BCUT2D eigenvalue weighted by atomic mass is 10.1. The fraction of sp³-hybridized carbons (Fsp3) is 0.273. The Bertz CT molecular complexity index is 1030. The first kappa shape index (κ1) is 21.0. The largest absolute Gasteiger partial charge is 0.492 e. The number of amides is 1. The van der Waals surface area contributed by atoms with E-state index in [1.165, 1.54) is 4.80 Å². The Morgan fingerprint density at radius 3 is 2.53 bits per heavy atom. The highest BCUT2D eigenvalue weighted by molar-refractivity contribution is 5.90. The van der Waals surface area contributed by atoms with E-state index in [0.29, 0.717) is 18.8 Å². The van der Waals surface area contributed by atoms with Crippen molar-refractivity contribution in [2.75, 3.05) is 19.8 Å². The van der Waals surface area contributed by atoms with E-state index >= 15 is 0 Å². The molecule has 3 aromatic rings. The fourth-order valence-corrected chi connectivity index (χ4v) is 2.83. The van der Waals surface area contributed by atoms with Gasteiger partial charge in [0, 0.05) is 0 Å². The number of carbonyl (C=O) groups is 2. The van der Waals surface area contributed by atoms with Gasteiger partial charge in [0.15, 0.2) is 12.3 Å². The van der Waals surface area contributed by atoms with E-state index in [4.69, 9.17) is 9.47 Å². The number of esters is 1. The first-order valence-corrected chi connectivity index (χ1v) is 9.57. The van der Waals surface area contributed by atoms with Crippen LogP contribution in [-0.2, 0) is 9.53 Å². The van der Waals surface area contributed by atoms with Gasteiger partial charge in [0.05, 0.1) is 17.9 Å². The fourth-order valence-electron chi connectivity index (χ4n) is 2.83. The van der Waals surface area contributed by atoms with E-state index in [1.807, 2.05) is 62.4 Å². The van der Waals surface area contributed by atoms with Crippen LogP contribution in [0.4, 0.5) is 0 Å². The second kappa shape index (κ2) is 9.69.